The molecule has 1 aromatic heterocycles. The molecule has 0 radical (unpaired) electrons. The van der Waals surface area contributed by atoms with E-state index >= 15 is 0 Å². The molecule has 0 fully saturated rings. The summed E-state index contributed by atoms with van der Waals surface area (Å²) in [4.78, 5) is 1.09. The highest BCUT2D eigenvalue weighted by molar-refractivity contribution is 7.12. The summed E-state index contributed by atoms with van der Waals surface area (Å²) in [6.07, 6.45) is 0. The number of hydrogen-bond acceptors (Lipinski definition) is 3. The molecule has 0 spiro atoms. The lowest BCUT2D eigenvalue weighted by molar-refractivity contribution is 0.000656. The highest BCUT2D eigenvalue weighted by Gasteiger charge is 2.26. The van der Waals surface area contributed by atoms with Crippen molar-refractivity contribution in [3.8, 4) is 0 Å². The Balaban J connectivity index is 3.08. The molecule has 1 unspecified atom stereocenters. The third kappa shape index (κ3) is 2.13. The second-order valence-electron chi connectivity index (χ2n) is 3.91. The summed E-state index contributed by atoms with van der Waals surface area (Å²) in [5, 5.41) is 18.6. The molecule has 0 aliphatic carbocycles. The van der Waals surface area contributed by atoms with Crippen LogP contribution in [0.1, 0.15) is 36.4 Å². The zero-order chi connectivity index (χ0) is 10.9. The van der Waals surface area contributed by atoms with Crippen molar-refractivity contribution in [2.45, 2.75) is 32.3 Å². The molecule has 1 aromatic rings. The maximum Gasteiger partial charge on any atom is 0.137 e. The van der Waals surface area contributed by atoms with E-state index in [1.807, 2.05) is 13.8 Å². The first-order chi connectivity index (χ1) is 6.38. The Labute approximate surface area is 87.0 Å². The maximum atomic E-state index is 13.3. The first-order valence-electron chi connectivity index (χ1n) is 4.51. The SMILES string of the molecule is CC(C)c1sc(C(C)(O)CO)cc1F. The monoisotopic (exact) mass is 218 g/mol. The van der Waals surface area contributed by atoms with Gasteiger partial charge in [-0.25, -0.2) is 4.39 Å². The van der Waals surface area contributed by atoms with Crippen LogP contribution in [0.15, 0.2) is 6.07 Å². The van der Waals surface area contributed by atoms with Crippen molar-refractivity contribution in [1.82, 2.24) is 0 Å². The summed E-state index contributed by atoms with van der Waals surface area (Å²) in [6.45, 7) is 4.87. The highest BCUT2D eigenvalue weighted by atomic mass is 32.1. The van der Waals surface area contributed by atoms with Crippen LogP contribution >= 0.6 is 11.3 Å². The molecule has 0 bridgehead atoms. The third-order valence-electron chi connectivity index (χ3n) is 2.08. The zero-order valence-corrected chi connectivity index (χ0v) is 9.36. The van der Waals surface area contributed by atoms with Crippen LogP contribution in [0.2, 0.25) is 0 Å². The molecule has 80 valence electrons. The number of halogens is 1. The molecule has 1 atom stereocenters. The predicted octanol–water partition coefficient (Wildman–Crippen LogP) is 2.21. The van der Waals surface area contributed by atoms with Gasteiger partial charge in [-0.2, -0.15) is 0 Å². The molecule has 0 aliphatic rings. The number of aliphatic hydroxyl groups excluding tert-OH is 1. The second kappa shape index (κ2) is 3.96. The predicted molar refractivity (Wildman–Crippen MR) is 55.0 cm³/mol. The van der Waals surface area contributed by atoms with Crippen molar-refractivity contribution in [3.63, 3.8) is 0 Å². The van der Waals surface area contributed by atoms with E-state index in [1.165, 1.54) is 24.3 Å². The molecule has 2 N–H and O–H groups in total. The Kier molecular flexibility index (Phi) is 3.29. The molecule has 0 amide bonds. The fourth-order valence-corrected chi connectivity index (χ4v) is 2.20. The van der Waals surface area contributed by atoms with E-state index in [0.717, 1.165) is 0 Å². The van der Waals surface area contributed by atoms with Crippen molar-refractivity contribution in [1.29, 1.82) is 0 Å². The minimum absolute atomic E-state index is 0.100. The first-order valence-corrected chi connectivity index (χ1v) is 5.33. The normalized spacial score (nSPS) is 15.9. The number of rotatable bonds is 3. The Morgan fingerprint density at radius 3 is 2.50 bits per heavy atom. The molecule has 0 saturated heterocycles. The molecule has 0 saturated carbocycles. The number of aliphatic hydroxyl groups is 2. The van der Waals surface area contributed by atoms with Gasteiger partial charge in [0.15, 0.2) is 0 Å². The van der Waals surface area contributed by atoms with Gasteiger partial charge in [0.25, 0.3) is 0 Å². The van der Waals surface area contributed by atoms with Crippen molar-refractivity contribution >= 4 is 11.3 Å². The van der Waals surface area contributed by atoms with E-state index in [4.69, 9.17) is 5.11 Å². The van der Waals surface area contributed by atoms with Crippen molar-refractivity contribution in [2.24, 2.45) is 0 Å². The lowest BCUT2D eigenvalue weighted by atomic mass is 10.1. The number of hydrogen-bond donors (Lipinski definition) is 2. The summed E-state index contributed by atoms with van der Waals surface area (Å²) >= 11 is 1.21. The number of thiophene rings is 1. The summed E-state index contributed by atoms with van der Waals surface area (Å²) in [7, 11) is 0. The van der Waals surface area contributed by atoms with Gasteiger partial charge < -0.3 is 10.2 Å². The molecule has 4 heteroatoms. The lowest BCUT2D eigenvalue weighted by Crippen LogP contribution is -2.24. The topological polar surface area (TPSA) is 40.5 Å². The maximum absolute atomic E-state index is 13.3. The van der Waals surface area contributed by atoms with E-state index in [1.54, 1.807) is 0 Å². The van der Waals surface area contributed by atoms with Gasteiger partial charge in [-0.15, -0.1) is 11.3 Å². The van der Waals surface area contributed by atoms with Crippen LogP contribution in [-0.2, 0) is 5.60 Å². The van der Waals surface area contributed by atoms with Crippen molar-refractivity contribution in [3.05, 3.63) is 21.6 Å². The molecular formula is C10H15FO2S. The Bertz CT molecular complexity index is 318. The molecule has 0 aliphatic heterocycles. The van der Waals surface area contributed by atoms with Gasteiger partial charge in [-0.3, -0.25) is 0 Å². The fraction of sp³-hybridized carbons (Fsp3) is 0.600. The van der Waals surface area contributed by atoms with Crippen LogP contribution in [0.5, 0.6) is 0 Å². The average Bonchev–Trinajstić information content (AvgIpc) is 2.48. The zero-order valence-electron chi connectivity index (χ0n) is 8.54. The van der Waals surface area contributed by atoms with Crippen LogP contribution in [0, 0.1) is 5.82 Å². The smallest absolute Gasteiger partial charge is 0.137 e. The largest absolute Gasteiger partial charge is 0.393 e. The summed E-state index contributed by atoms with van der Waals surface area (Å²) in [6, 6.07) is 1.30. The van der Waals surface area contributed by atoms with Gasteiger partial charge in [0, 0.05) is 9.75 Å². The molecule has 0 aromatic carbocycles. The summed E-state index contributed by atoms with van der Waals surface area (Å²) in [5.41, 5.74) is -1.33. The van der Waals surface area contributed by atoms with Gasteiger partial charge in [-0.05, 0) is 18.9 Å². The van der Waals surface area contributed by atoms with Crippen LogP contribution in [-0.4, -0.2) is 16.8 Å². The Morgan fingerprint density at radius 1 is 1.57 bits per heavy atom. The first kappa shape index (κ1) is 11.6. The fourth-order valence-electron chi connectivity index (χ4n) is 1.12. The highest BCUT2D eigenvalue weighted by Crippen LogP contribution is 2.34. The van der Waals surface area contributed by atoms with Gasteiger partial charge in [0.2, 0.25) is 0 Å². The van der Waals surface area contributed by atoms with Gasteiger partial charge >= 0.3 is 0 Å². The van der Waals surface area contributed by atoms with E-state index in [0.29, 0.717) is 9.75 Å². The van der Waals surface area contributed by atoms with Crippen molar-refractivity contribution in [2.75, 3.05) is 6.61 Å². The quantitative estimate of drug-likeness (QED) is 0.816. The molecular weight excluding hydrogens is 203 g/mol. The molecule has 1 rings (SSSR count). The minimum Gasteiger partial charge on any atom is -0.393 e. The molecule has 1 heterocycles. The van der Waals surface area contributed by atoms with E-state index in [9.17, 15) is 9.50 Å². The van der Waals surface area contributed by atoms with Gasteiger partial charge in [0.1, 0.15) is 11.4 Å². The average molecular weight is 218 g/mol. The van der Waals surface area contributed by atoms with Crippen LogP contribution in [0.3, 0.4) is 0 Å². The Morgan fingerprint density at radius 2 is 2.14 bits per heavy atom. The molecule has 2 nitrogen and oxygen atoms in total. The van der Waals surface area contributed by atoms with Gasteiger partial charge in [-0.1, -0.05) is 13.8 Å². The minimum atomic E-state index is -1.33. The van der Waals surface area contributed by atoms with Gasteiger partial charge in [0.05, 0.1) is 6.61 Å². The standard InChI is InChI=1S/C10H15FO2S/c1-6(2)9-7(11)4-8(14-9)10(3,13)5-12/h4,6,12-13H,5H2,1-3H3. The van der Waals surface area contributed by atoms with Crippen LogP contribution in [0.25, 0.3) is 0 Å². The van der Waals surface area contributed by atoms with E-state index in [2.05, 4.69) is 0 Å². The van der Waals surface area contributed by atoms with E-state index in [-0.39, 0.29) is 11.7 Å². The van der Waals surface area contributed by atoms with Crippen LogP contribution < -0.4 is 0 Å². The van der Waals surface area contributed by atoms with Crippen LogP contribution in [0.4, 0.5) is 4.39 Å². The van der Waals surface area contributed by atoms with E-state index < -0.39 is 12.2 Å². The second-order valence-corrected chi connectivity index (χ2v) is 4.99. The third-order valence-corrected chi connectivity index (χ3v) is 3.74. The summed E-state index contributed by atoms with van der Waals surface area (Å²) < 4.78 is 13.3. The summed E-state index contributed by atoms with van der Waals surface area (Å²) in [5.74, 6) is -0.197. The lowest BCUT2D eigenvalue weighted by Gasteiger charge is -2.17. The molecule has 14 heavy (non-hydrogen) atoms. The Hall–Kier alpha value is -0.450. The van der Waals surface area contributed by atoms with Crippen molar-refractivity contribution < 1.29 is 14.6 Å².